The standard InChI is InChI=1S/C20H14N2/c21-13-7-11-3-1-5-15-17-9-14(22)8-12-4-2-6-16(20(12)17)18(10-13)19(11)15/h1-10H,21-22H2. The molecule has 5 rings (SSSR count). The lowest BCUT2D eigenvalue weighted by Crippen LogP contribution is -1.91. The van der Waals surface area contributed by atoms with Gasteiger partial charge in [0.25, 0.3) is 0 Å². The Labute approximate surface area is 127 Å². The van der Waals surface area contributed by atoms with Crippen LogP contribution in [0.25, 0.3) is 43.1 Å². The summed E-state index contributed by atoms with van der Waals surface area (Å²) in [7, 11) is 0. The molecule has 5 aromatic carbocycles. The maximum absolute atomic E-state index is 6.13. The van der Waals surface area contributed by atoms with Crippen molar-refractivity contribution >= 4 is 54.5 Å². The van der Waals surface area contributed by atoms with E-state index in [-0.39, 0.29) is 0 Å². The molecule has 0 aromatic heterocycles. The molecular weight excluding hydrogens is 268 g/mol. The first-order valence-electron chi connectivity index (χ1n) is 7.37. The van der Waals surface area contributed by atoms with Crippen molar-refractivity contribution in [3.63, 3.8) is 0 Å². The van der Waals surface area contributed by atoms with E-state index in [1.807, 2.05) is 12.1 Å². The summed E-state index contributed by atoms with van der Waals surface area (Å²) in [6.07, 6.45) is 0. The second kappa shape index (κ2) is 3.80. The Balaban J connectivity index is 2.28. The number of fused-ring (bicyclic) bond motifs is 2. The molecular formula is C20H14N2. The van der Waals surface area contributed by atoms with Gasteiger partial charge in [-0.05, 0) is 67.4 Å². The van der Waals surface area contributed by atoms with Crippen LogP contribution < -0.4 is 11.5 Å². The summed E-state index contributed by atoms with van der Waals surface area (Å²) in [5.41, 5.74) is 13.9. The number of nitrogens with two attached hydrogens (primary N) is 2. The van der Waals surface area contributed by atoms with Crippen molar-refractivity contribution in [2.45, 2.75) is 0 Å². The van der Waals surface area contributed by atoms with Gasteiger partial charge in [-0.3, -0.25) is 0 Å². The van der Waals surface area contributed by atoms with E-state index in [1.54, 1.807) is 0 Å². The summed E-state index contributed by atoms with van der Waals surface area (Å²) in [4.78, 5) is 0. The molecule has 0 radical (unpaired) electrons. The maximum Gasteiger partial charge on any atom is 0.0326 e. The van der Waals surface area contributed by atoms with E-state index < -0.39 is 0 Å². The Morgan fingerprint density at radius 3 is 1.41 bits per heavy atom. The van der Waals surface area contributed by atoms with Crippen molar-refractivity contribution in [2.75, 3.05) is 11.5 Å². The zero-order valence-electron chi connectivity index (χ0n) is 11.9. The third kappa shape index (κ3) is 1.34. The number of benzene rings is 5. The van der Waals surface area contributed by atoms with E-state index in [0.717, 1.165) is 11.4 Å². The molecule has 22 heavy (non-hydrogen) atoms. The first-order valence-corrected chi connectivity index (χ1v) is 7.37. The normalized spacial score (nSPS) is 12.0. The van der Waals surface area contributed by atoms with Crippen molar-refractivity contribution in [2.24, 2.45) is 0 Å². The molecule has 0 unspecified atom stereocenters. The molecule has 0 atom stereocenters. The second-order valence-corrected chi connectivity index (χ2v) is 5.94. The molecule has 2 nitrogen and oxygen atoms in total. The Hall–Kier alpha value is -3.00. The molecule has 0 spiro atoms. The quantitative estimate of drug-likeness (QED) is 0.241. The second-order valence-electron chi connectivity index (χ2n) is 5.94. The number of anilines is 2. The molecule has 104 valence electrons. The van der Waals surface area contributed by atoms with Crippen LogP contribution in [0.5, 0.6) is 0 Å². The van der Waals surface area contributed by atoms with Crippen molar-refractivity contribution in [3.05, 3.63) is 60.7 Å². The molecule has 0 saturated carbocycles. The summed E-state index contributed by atoms with van der Waals surface area (Å²) in [5, 5.41) is 9.80. The van der Waals surface area contributed by atoms with Crippen molar-refractivity contribution < 1.29 is 0 Å². The maximum atomic E-state index is 6.13. The Morgan fingerprint density at radius 2 is 0.955 bits per heavy atom. The summed E-state index contributed by atoms with van der Waals surface area (Å²) in [6, 6.07) is 21.0. The van der Waals surface area contributed by atoms with Gasteiger partial charge >= 0.3 is 0 Å². The van der Waals surface area contributed by atoms with Crippen LogP contribution in [0.2, 0.25) is 0 Å². The third-order valence-electron chi connectivity index (χ3n) is 4.58. The van der Waals surface area contributed by atoms with Crippen molar-refractivity contribution in [1.29, 1.82) is 0 Å². The fourth-order valence-corrected chi connectivity index (χ4v) is 3.78. The molecule has 0 aliphatic carbocycles. The highest BCUT2D eigenvalue weighted by Crippen LogP contribution is 2.41. The molecule has 0 bridgehead atoms. The van der Waals surface area contributed by atoms with Gasteiger partial charge in [-0.2, -0.15) is 0 Å². The van der Waals surface area contributed by atoms with E-state index in [0.29, 0.717) is 0 Å². The van der Waals surface area contributed by atoms with E-state index in [2.05, 4.69) is 48.5 Å². The molecule has 5 aromatic rings. The highest BCUT2D eigenvalue weighted by molar-refractivity contribution is 6.33. The summed E-state index contributed by atoms with van der Waals surface area (Å²) >= 11 is 0. The zero-order chi connectivity index (χ0) is 14.8. The highest BCUT2D eigenvalue weighted by Gasteiger charge is 2.13. The monoisotopic (exact) mass is 282 g/mol. The van der Waals surface area contributed by atoms with Crippen LogP contribution in [0.4, 0.5) is 11.4 Å². The molecule has 2 heteroatoms. The van der Waals surface area contributed by atoms with Gasteiger partial charge in [-0.1, -0.05) is 36.4 Å². The van der Waals surface area contributed by atoms with E-state index in [4.69, 9.17) is 11.5 Å². The van der Waals surface area contributed by atoms with Crippen molar-refractivity contribution in [3.8, 4) is 0 Å². The minimum Gasteiger partial charge on any atom is -0.399 e. The van der Waals surface area contributed by atoms with Gasteiger partial charge in [0.1, 0.15) is 0 Å². The van der Waals surface area contributed by atoms with Crippen LogP contribution in [0.3, 0.4) is 0 Å². The van der Waals surface area contributed by atoms with E-state index in [1.165, 1.54) is 43.1 Å². The summed E-state index contributed by atoms with van der Waals surface area (Å²) < 4.78 is 0. The molecule has 0 amide bonds. The van der Waals surface area contributed by atoms with Crippen LogP contribution in [0.15, 0.2) is 60.7 Å². The lowest BCUT2D eigenvalue weighted by Gasteiger charge is -2.15. The Bertz CT molecular complexity index is 1090. The van der Waals surface area contributed by atoms with Gasteiger partial charge in [0.05, 0.1) is 0 Å². The lowest BCUT2D eigenvalue weighted by atomic mass is 9.89. The first-order chi connectivity index (χ1) is 10.7. The average Bonchev–Trinajstić information content (AvgIpc) is 2.51. The van der Waals surface area contributed by atoms with Gasteiger partial charge in [-0.15, -0.1) is 0 Å². The molecule has 0 saturated heterocycles. The largest absolute Gasteiger partial charge is 0.399 e. The van der Waals surface area contributed by atoms with Crippen LogP contribution in [0, 0.1) is 0 Å². The fourth-order valence-electron chi connectivity index (χ4n) is 3.78. The van der Waals surface area contributed by atoms with E-state index >= 15 is 0 Å². The van der Waals surface area contributed by atoms with Crippen LogP contribution >= 0.6 is 0 Å². The summed E-state index contributed by atoms with van der Waals surface area (Å²) in [6.45, 7) is 0. The van der Waals surface area contributed by atoms with Crippen LogP contribution in [-0.4, -0.2) is 0 Å². The van der Waals surface area contributed by atoms with Crippen molar-refractivity contribution in [1.82, 2.24) is 0 Å². The number of rotatable bonds is 0. The third-order valence-corrected chi connectivity index (χ3v) is 4.58. The molecule has 0 heterocycles. The number of hydrogen-bond acceptors (Lipinski definition) is 2. The molecule has 0 aliphatic heterocycles. The lowest BCUT2D eigenvalue weighted by molar-refractivity contribution is 1.75. The fraction of sp³-hybridized carbons (Fsp3) is 0. The number of hydrogen-bond donors (Lipinski definition) is 2. The predicted molar refractivity (Wildman–Crippen MR) is 96.5 cm³/mol. The average molecular weight is 282 g/mol. The van der Waals surface area contributed by atoms with Gasteiger partial charge in [-0.25, -0.2) is 0 Å². The van der Waals surface area contributed by atoms with Crippen LogP contribution in [0.1, 0.15) is 0 Å². The van der Waals surface area contributed by atoms with Gasteiger partial charge < -0.3 is 11.5 Å². The predicted octanol–water partition coefficient (Wildman–Crippen LogP) is 4.90. The smallest absolute Gasteiger partial charge is 0.0326 e. The summed E-state index contributed by atoms with van der Waals surface area (Å²) in [5.74, 6) is 0. The minimum absolute atomic E-state index is 0.801. The molecule has 4 N–H and O–H groups in total. The van der Waals surface area contributed by atoms with Gasteiger partial charge in [0.15, 0.2) is 0 Å². The Morgan fingerprint density at radius 1 is 0.500 bits per heavy atom. The topological polar surface area (TPSA) is 52.0 Å². The molecule has 0 fully saturated rings. The van der Waals surface area contributed by atoms with Crippen LogP contribution in [-0.2, 0) is 0 Å². The van der Waals surface area contributed by atoms with Gasteiger partial charge in [0.2, 0.25) is 0 Å². The highest BCUT2D eigenvalue weighted by atomic mass is 14.5. The number of nitrogen functional groups attached to an aromatic ring is 2. The zero-order valence-corrected chi connectivity index (χ0v) is 11.9. The van der Waals surface area contributed by atoms with Gasteiger partial charge in [0, 0.05) is 11.4 Å². The first kappa shape index (κ1) is 11.6. The van der Waals surface area contributed by atoms with E-state index in [9.17, 15) is 0 Å². The SMILES string of the molecule is Nc1cc2cccc3c4cc(N)cc5cccc(c(c1)c23)c54. The molecule has 0 aliphatic rings. The minimum atomic E-state index is 0.801. The Kier molecular flexibility index (Phi) is 2.01.